The van der Waals surface area contributed by atoms with Crippen LogP contribution >= 0.6 is 0 Å². The molecule has 0 aromatic heterocycles. The summed E-state index contributed by atoms with van der Waals surface area (Å²) in [6.07, 6.45) is 0.0667. The van der Waals surface area contributed by atoms with Gasteiger partial charge >= 0.3 is 6.09 Å². The number of carbonyl (C=O) groups excluding carboxylic acids is 2. The Bertz CT molecular complexity index is 674. The van der Waals surface area contributed by atoms with Crippen LogP contribution in [0.3, 0.4) is 0 Å². The number of fused-ring (bicyclic) bond motifs is 1. The normalized spacial score (nSPS) is 25.0. The van der Waals surface area contributed by atoms with E-state index in [1.165, 1.54) is 0 Å². The molecule has 4 rings (SSSR count). The van der Waals surface area contributed by atoms with Gasteiger partial charge in [-0.1, -0.05) is 0 Å². The molecule has 0 bridgehead atoms. The summed E-state index contributed by atoms with van der Waals surface area (Å²) < 4.78 is 16.4. The van der Waals surface area contributed by atoms with Gasteiger partial charge in [-0.15, -0.1) is 0 Å². The summed E-state index contributed by atoms with van der Waals surface area (Å²) >= 11 is 0. The third kappa shape index (κ3) is 3.34. The van der Waals surface area contributed by atoms with Crippen LogP contribution in [0.5, 0.6) is 11.5 Å². The maximum Gasteiger partial charge on any atom is 0.414 e. The smallest absolute Gasteiger partial charge is 0.414 e. The molecule has 1 aromatic carbocycles. The quantitative estimate of drug-likeness (QED) is 0.825. The molecule has 3 aliphatic heterocycles. The van der Waals surface area contributed by atoms with Gasteiger partial charge in [0, 0.05) is 12.6 Å². The molecule has 0 saturated carbocycles. The summed E-state index contributed by atoms with van der Waals surface area (Å²) in [6.45, 7) is 3.31. The van der Waals surface area contributed by atoms with Gasteiger partial charge in [-0.05, 0) is 25.1 Å². The number of anilines is 1. The fourth-order valence-corrected chi connectivity index (χ4v) is 3.28. The van der Waals surface area contributed by atoms with Crippen LogP contribution in [0, 0.1) is 5.92 Å². The first-order valence-corrected chi connectivity index (χ1v) is 8.57. The number of carbonyl (C=O) groups is 2. The molecule has 8 nitrogen and oxygen atoms in total. The van der Waals surface area contributed by atoms with Crippen molar-refractivity contribution in [3.8, 4) is 11.5 Å². The molecule has 2 fully saturated rings. The number of hydrogen-bond acceptors (Lipinski definition) is 6. The number of rotatable bonds is 4. The molecule has 2 saturated heterocycles. The Balaban J connectivity index is 1.36. The van der Waals surface area contributed by atoms with E-state index >= 15 is 0 Å². The molecule has 25 heavy (non-hydrogen) atoms. The van der Waals surface area contributed by atoms with Crippen molar-refractivity contribution >= 4 is 17.7 Å². The van der Waals surface area contributed by atoms with Crippen molar-refractivity contribution in [2.45, 2.75) is 12.5 Å². The highest BCUT2D eigenvalue weighted by molar-refractivity contribution is 5.90. The number of ether oxygens (including phenoxy) is 3. The van der Waals surface area contributed by atoms with Crippen LogP contribution < -0.4 is 25.0 Å². The van der Waals surface area contributed by atoms with Gasteiger partial charge in [0.2, 0.25) is 5.91 Å². The lowest BCUT2D eigenvalue weighted by atomic mass is 10.1. The minimum atomic E-state index is -0.418. The third-order valence-electron chi connectivity index (χ3n) is 4.65. The predicted molar refractivity (Wildman–Crippen MR) is 89.0 cm³/mol. The molecule has 3 aliphatic rings. The van der Waals surface area contributed by atoms with E-state index in [0.717, 1.165) is 13.0 Å². The maximum absolute atomic E-state index is 12.2. The summed E-state index contributed by atoms with van der Waals surface area (Å²) in [4.78, 5) is 25.8. The van der Waals surface area contributed by atoms with Crippen LogP contribution in [0.4, 0.5) is 10.5 Å². The molecule has 0 radical (unpaired) electrons. The van der Waals surface area contributed by atoms with E-state index < -0.39 is 6.09 Å². The standard InChI is InChI=1S/C17H21N3O5/c21-16(11-3-4-18-8-11)19-9-13-10-20(17(22)25-13)12-1-2-14-15(7-12)24-6-5-23-14/h1-2,7,11,13,18H,3-6,8-10H2,(H,19,21)/t11?,13-/m1/s1. The maximum atomic E-state index is 12.2. The highest BCUT2D eigenvalue weighted by atomic mass is 16.6. The minimum absolute atomic E-state index is 0.00556. The number of nitrogens with one attached hydrogen (secondary N) is 2. The number of hydrogen-bond donors (Lipinski definition) is 2. The minimum Gasteiger partial charge on any atom is -0.486 e. The second-order valence-corrected chi connectivity index (χ2v) is 6.38. The Morgan fingerprint density at radius 3 is 2.92 bits per heavy atom. The van der Waals surface area contributed by atoms with E-state index in [-0.39, 0.29) is 17.9 Å². The van der Waals surface area contributed by atoms with E-state index in [1.54, 1.807) is 23.1 Å². The molecule has 1 aromatic rings. The molecule has 1 unspecified atom stereocenters. The Kier molecular flexibility index (Phi) is 4.35. The van der Waals surface area contributed by atoms with Crippen LogP contribution in [-0.4, -0.2) is 57.5 Å². The van der Waals surface area contributed by atoms with Crippen LogP contribution in [0.1, 0.15) is 6.42 Å². The fourth-order valence-electron chi connectivity index (χ4n) is 3.28. The second kappa shape index (κ2) is 6.79. The van der Waals surface area contributed by atoms with E-state index in [2.05, 4.69) is 10.6 Å². The molecular formula is C17H21N3O5. The van der Waals surface area contributed by atoms with Gasteiger partial charge in [0.05, 0.1) is 24.7 Å². The van der Waals surface area contributed by atoms with Crippen molar-refractivity contribution in [3.63, 3.8) is 0 Å². The van der Waals surface area contributed by atoms with Crippen molar-refractivity contribution < 1.29 is 23.8 Å². The zero-order valence-electron chi connectivity index (χ0n) is 13.8. The Morgan fingerprint density at radius 1 is 1.28 bits per heavy atom. The first-order chi connectivity index (χ1) is 12.2. The second-order valence-electron chi connectivity index (χ2n) is 6.38. The zero-order valence-corrected chi connectivity index (χ0v) is 13.8. The van der Waals surface area contributed by atoms with Crippen LogP contribution in [0.25, 0.3) is 0 Å². The van der Waals surface area contributed by atoms with E-state index in [1.807, 2.05) is 0 Å². The number of amides is 2. The molecular weight excluding hydrogens is 326 g/mol. The first-order valence-electron chi connectivity index (χ1n) is 8.57. The van der Waals surface area contributed by atoms with Crippen molar-refractivity contribution in [3.05, 3.63) is 18.2 Å². The van der Waals surface area contributed by atoms with E-state index in [4.69, 9.17) is 14.2 Å². The zero-order chi connectivity index (χ0) is 17.2. The summed E-state index contributed by atoms with van der Waals surface area (Å²) in [7, 11) is 0. The lowest BCUT2D eigenvalue weighted by molar-refractivity contribution is -0.124. The molecule has 0 aliphatic carbocycles. The summed E-state index contributed by atoms with van der Waals surface area (Å²) in [5.74, 6) is 1.32. The van der Waals surface area contributed by atoms with Crippen molar-refractivity contribution in [2.75, 3.05) is 44.3 Å². The molecule has 2 amide bonds. The number of nitrogens with zero attached hydrogens (tertiary/aromatic N) is 1. The number of cyclic esters (lactones) is 1. The third-order valence-corrected chi connectivity index (χ3v) is 4.65. The van der Waals surface area contributed by atoms with E-state index in [9.17, 15) is 9.59 Å². The SMILES string of the molecule is O=C(NC[C@@H]1CN(c2ccc3c(c2)OCCO3)C(=O)O1)C1CCNC1. The van der Waals surface area contributed by atoms with Crippen molar-refractivity contribution in [2.24, 2.45) is 5.92 Å². The Hall–Kier alpha value is -2.48. The summed E-state index contributed by atoms with van der Waals surface area (Å²) in [6, 6.07) is 5.38. The lowest BCUT2D eigenvalue weighted by Crippen LogP contribution is -2.38. The summed E-state index contributed by atoms with van der Waals surface area (Å²) in [5, 5.41) is 6.05. The van der Waals surface area contributed by atoms with Crippen molar-refractivity contribution in [1.82, 2.24) is 10.6 Å². The molecule has 0 spiro atoms. The van der Waals surface area contributed by atoms with Crippen molar-refractivity contribution in [1.29, 1.82) is 0 Å². The first kappa shape index (κ1) is 16.0. The fraction of sp³-hybridized carbons (Fsp3) is 0.529. The Morgan fingerprint density at radius 2 is 2.12 bits per heavy atom. The van der Waals surface area contributed by atoms with E-state index in [0.29, 0.717) is 50.0 Å². The van der Waals surface area contributed by atoms with Gasteiger partial charge in [-0.3, -0.25) is 9.69 Å². The summed E-state index contributed by atoms with van der Waals surface area (Å²) in [5.41, 5.74) is 0.697. The van der Waals surface area contributed by atoms with Gasteiger partial charge in [-0.2, -0.15) is 0 Å². The predicted octanol–water partition coefficient (Wildman–Crippen LogP) is 0.509. The topological polar surface area (TPSA) is 89.1 Å². The molecule has 2 N–H and O–H groups in total. The van der Waals surface area contributed by atoms with Gasteiger partial charge < -0.3 is 24.8 Å². The largest absolute Gasteiger partial charge is 0.486 e. The molecule has 2 atom stereocenters. The van der Waals surface area contributed by atoms with Gasteiger partial charge in [0.1, 0.15) is 19.3 Å². The lowest BCUT2D eigenvalue weighted by Gasteiger charge is -2.21. The Labute approximate surface area is 145 Å². The average molecular weight is 347 g/mol. The molecule has 8 heteroatoms. The van der Waals surface area contributed by atoms with Crippen LogP contribution in [-0.2, 0) is 9.53 Å². The van der Waals surface area contributed by atoms with Gasteiger partial charge in [0.15, 0.2) is 11.5 Å². The van der Waals surface area contributed by atoms with Crippen LogP contribution in [0.15, 0.2) is 18.2 Å². The van der Waals surface area contributed by atoms with Crippen LogP contribution in [0.2, 0.25) is 0 Å². The van der Waals surface area contributed by atoms with Gasteiger partial charge in [-0.25, -0.2) is 4.79 Å². The highest BCUT2D eigenvalue weighted by Gasteiger charge is 2.34. The monoisotopic (exact) mass is 347 g/mol. The van der Waals surface area contributed by atoms with Gasteiger partial charge in [0.25, 0.3) is 0 Å². The molecule has 3 heterocycles. The average Bonchev–Trinajstić information content (AvgIpc) is 3.29. The highest BCUT2D eigenvalue weighted by Crippen LogP contribution is 2.35. The number of benzene rings is 1. The molecule has 134 valence electrons.